The molecule has 6 heteroatoms. The van der Waals surface area contributed by atoms with E-state index in [4.69, 9.17) is 8.94 Å². The van der Waals surface area contributed by atoms with Crippen molar-refractivity contribution in [2.45, 2.75) is 39.0 Å². The number of para-hydroxylation sites is 1. The van der Waals surface area contributed by atoms with E-state index >= 15 is 0 Å². The summed E-state index contributed by atoms with van der Waals surface area (Å²) >= 11 is 0. The molecule has 0 N–H and O–H groups in total. The molecule has 0 aliphatic carbocycles. The highest BCUT2D eigenvalue weighted by Gasteiger charge is 2.30. The van der Waals surface area contributed by atoms with Crippen LogP contribution < -0.4 is 0 Å². The van der Waals surface area contributed by atoms with Crippen molar-refractivity contribution in [1.29, 1.82) is 0 Å². The van der Waals surface area contributed by atoms with Crippen molar-refractivity contribution in [1.82, 2.24) is 15.0 Å². The maximum Gasteiger partial charge on any atom is 0.289 e. The summed E-state index contributed by atoms with van der Waals surface area (Å²) in [5.41, 5.74) is 1.65. The van der Waals surface area contributed by atoms with E-state index in [1.54, 1.807) is 0 Å². The fraction of sp³-hybridized carbons (Fsp3) is 0.421. The molecule has 1 saturated heterocycles. The highest BCUT2D eigenvalue weighted by Crippen LogP contribution is 2.29. The Morgan fingerprint density at radius 1 is 1.36 bits per heavy atom. The fourth-order valence-corrected chi connectivity index (χ4v) is 3.47. The summed E-state index contributed by atoms with van der Waals surface area (Å²) in [6.07, 6.45) is 2.61. The van der Waals surface area contributed by atoms with Gasteiger partial charge in [0.2, 0.25) is 5.89 Å². The lowest BCUT2D eigenvalue weighted by atomic mass is 9.97. The summed E-state index contributed by atoms with van der Waals surface area (Å²) in [7, 11) is 0. The molecule has 0 spiro atoms. The molecule has 3 heterocycles. The topological polar surface area (TPSA) is 72.4 Å². The number of furan rings is 1. The Balaban J connectivity index is 1.57. The van der Waals surface area contributed by atoms with E-state index in [0.717, 1.165) is 42.3 Å². The van der Waals surface area contributed by atoms with Crippen LogP contribution in [0, 0.1) is 6.92 Å². The van der Waals surface area contributed by atoms with Gasteiger partial charge >= 0.3 is 0 Å². The van der Waals surface area contributed by atoms with Crippen molar-refractivity contribution in [3.63, 3.8) is 0 Å². The van der Waals surface area contributed by atoms with Gasteiger partial charge in [-0.05, 0) is 25.8 Å². The van der Waals surface area contributed by atoms with Gasteiger partial charge < -0.3 is 13.8 Å². The van der Waals surface area contributed by atoms with Gasteiger partial charge in [-0.3, -0.25) is 4.79 Å². The van der Waals surface area contributed by atoms with E-state index in [0.29, 0.717) is 24.0 Å². The maximum atomic E-state index is 13.0. The van der Waals surface area contributed by atoms with Crippen molar-refractivity contribution in [2.24, 2.45) is 0 Å². The molecule has 1 fully saturated rings. The number of fused-ring (bicyclic) bond motifs is 1. The van der Waals surface area contributed by atoms with Crippen LogP contribution in [0.3, 0.4) is 0 Å². The van der Waals surface area contributed by atoms with Gasteiger partial charge in [0, 0.05) is 36.4 Å². The minimum atomic E-state index is -0.0578. The van der Waals surface area contributed by atoms with E-state index in [2.05, 4.69) is 10.1 Å². The third-order valence-electron chi connectivity index (χ3n) is 4.90. The number of hydrogen-bond acceptors (Lipinski definition) is 5. The number of hydrogen-bond donors (Lipinski definition) is 0. The molecule has 1 aliphatic rings. The summed E-state index contributed by atoms with van der Waals surface area (Å²) in [4.78, 5) is 19.3. The van der Waals surface area contributed by atoms with Gasteiger partial charge in [-0.25, -0.2) is 0 Å². The molecular weight excluding hydrogens is 318 g/mol. The molecule has 0 unspecified atom stereocenters. The monoisotopic (exact) mass is 339 g/mol. The summed E-state index contributed by atoms with van der Waals surface area (Å²) in [5.74, 6) is 1.84. The molecule has 1 amide bonds. The smallest absolute Gasteiger partial charge is 0.289 e. The molecule has 3 aromatic rings. The number of piperidine rings is 1. The third kappa shape index (κ3) is 2.81. The molecule has 1 atom stereocenters. The number of aromatic nitrogens is 2. The molecule has 0 radical (unpaired) electrons. The first-order valence-corrected chi connectivity index (χ1v) is 8.77. The Labute approximate surface area is 145 Å². The highest BCUT2D eigenvalue weighted by atomic mass is 16.5. The van der Waals surface area contributed by atoms with Gasteiger partial charge in [-0.15, -0.1) is 0 Å². The molecule has 130 valence electrons. The normalized spacial score (nSPS) is 18.0. The second-order valence-electron chi connectivity index (χ2n) is 6.54. The summed E-state index contributed by atoms with van der Waals surface area (Å²) in [5, 5.41) is 5.07. The molecule has 0 saturated carbocycles. The van der Waals surface area contributed by atoms with E-state index in [9.17, 15) is 4.79 Å². The minimum absolute atomic E-state index is 0.0578. The number of benzene rings is 1. The maximum absolute atomic E-state index is 13.0. The molecule has 2 aromatic heterocycles. The van der Waals surface area contributed by atoms with Crippen molar-refractivity contribution < 1.29 is 13.7 Å². The van der Waals surface area contributed by atoms with Crippen molar-refractivity contribution >= 4 is 16.9 Å². The van der Waals surface area contributed by atoms with Crippen molar-refractivity contribution in [2.75, 3.05) is 13.1 Å². The number of carbonyl (C=O) groups excluding carboxylic acids is 1. The van der Waals surface area contributed by atoms with Gasteiger partial charge in [0.05, 0.1) is 0 Å². The van der Waals surface area contributed by atoms with Gasteiger partial charge in [0.1, 0.15) is 5.58 Å². The lowest BCUT2D eigenvalue weighted by Crippen LogP contribution is -2.39. The molecule has 1 aliphatic heterocycles. The zero-order valence-electron chi connectivity index (χ0n) is 14.5. The summed E-state index contributed by atoms with van der Waals surface area (Å²) in [6, 6.07) is 7.74. The molecule has 4 rings (SSSR count). The van der Waals surface area contributed by atoms with Crippen LogP contribution in [0.2, 0.25) is 0 Å². The van der Waals surface area contributed by atoms with Crippen LogP contribution in [0.1, 0.15) is 53.5 Å². The molecule has 6 nitrogen and oxygen atoms in total. The Bertz CT molecular complexity index is 912. The Kier molecular flexibility index (Phi) is 4.03. The highest BCUT2D eigenvalue weighted by molar-refractivity contribution is 5.99. The third-order valence-corrected chi connectivity index (χ3v) is 4.90. The fourth-order valence-electron chi connectivity index (χ4n) is 3.47. The second-order valence-corrected chi connectivity index (χ2v) is 6.54. The van der Waals surface area contributed by atoms with Gasteiger partial charge in [-0.1, -0.05) is 30.3 Å². The van der Waals surface area contributed by atoms with Crippen LogP contribution in [-0.2, 0) is 6.42 Å². The zero-order chi connectivity index (χ0) is 17.4. The first-order chi connectivity index (χ1) is 12.2. The van der Waals surface area contributed by atoms with Gasteiger partial charge in [0.25, 0.3) is 5.91 Å². The Morgan fingerprint density at radius 3 is 2.96 bits per heavy atom. The van der Waals surface area contributed by atoms with Crippen LogP contribution in [0.4, 0.5) is 0 Å². The first-order valence-electron chi connectivity index (χ1n) is 8.77. The van der Waals surface area contributed by atoms with Gasteiger partial charge in [-0.2, -0.15) is 4.98 Å². The SMILES string of the molecule is CCc1nc([C@H]2CCCN(C(=O)c3oc4ccccc4c3C)C2)no1. The average Bonchev–Trinajstić information content (AvgIpc) is 3.26. The summed E-state index contributed by atoms with van der Waals surface area (Å²) < 4.78 is 11.1. The van der Waals surface area contributed by atoms with Crippen molar-refractivity contribution in [3.8, 4) is 0 Å². The molecule has 25 heavy (non-hydrogen) atoms. The van der Waals surface area contributed by atoms with Crippen LogP contribution in [-0.4, -0.2) is 34.0 Å². The second kappa shape index (κ2) is 6.35. The van der Waals surface area contributed by atoms with Crippen molar-refractivity contribution in [3.05, 3.63) is 47.3 Å². The van der Waals surface area contributed by atoms with E-state index in [-0.39, 0.29) is 11.8 Å². The molecule has 0 bridgehead atoms. The Morgan fingerprint density at radius 2 is 2.20 bits per heavy atom. The van der Waals surface area contributed by atoms with Crippen LogP contribution in [0.25, 0.3) is 11.0 Å². The average molecular weight is 339 g/mol. The van der Waals surface area contributed by atoms with Crippen LogP contribution in [0.5, 0.6) is 0 Å². The number of nitrogens with zero attached hydrogens (tertiary/aromatic N) is 3. The Hall–Kier alpha value is -2.63. The number of aryl methyl sites for hydroxylation is 2. The lowest BCUT2D eigenvalue weighted by molar-refractivity contribution is 0.0673. The van der Waals surface area contributed by atoms with Crippen LogP contribution in [0.15, 0.2) is 33.2 Å². The largest absolute Gasteiger partial charge is 0.451 e. The van der Waals surface area contributed by atoms with Gasteiger partial charge in [0.15, 0.2) is 11.6 Å². The number of amides is 1. The van der Waals surface area contributed by atoms with E-state index in [1.165, 1.54) is 0 Å². The zero-order valence-corrected chi connectivity index (χ0v) is 14.5. The van der Waals surface area contributed by atoms with E-state index in [1.807, 2.05) is 43.0 Å². The predicted octanol–water partition coefficient (Wildman–Crippen LogP) is 3.71. The minimum Gasteiger partial charge on any atom is -0.451 e. The quantitative estimate of drug-likeness (QED) is 0.727. The predicted molar refractivity (Wildman–Crippen MR) is 92.5 cm³/mol. The standard InChI is InChI=1S/C19H21N3O3/c1-3-16-20-18(21-25-16)13-7-6-10-22(11-13)19(23)17-12(2)14-8-4-5-9-15(14)24-17/h4-5,8-9,13H,3,6-7,10-11H2,1-2H3/t13-/m0/s1. The van der Waals surface area contributed by atoms with E-state index < -0.39 is 0 Å². The lowest BCUT2D eigenvalue weighted by Gasteiger charge is -2.30. The number of likely N-dealkylation sites (tertiary alicyclic amines) is 1. The van der Waals surface area contributed by atoms with Crippen LogP contribution >= 0.6 is 0 Å². The summed E-state index contributed by atoms with van der Waals surface area (Å²) in [6.45, 7) is 5.24. The number of rotatable bonds is 3. The molecular formula is C19H21N3O3. The molecule has 1 aromatic carbocycles. The first kappa shape index (κ1) is 15.9. The number of carbonyl (C=O) groups is 1.